The molecule has 0 aromatic carbocycles. The van der Waals surface area contributed by atoms with Crippen LogP contribution in [0.1, 0.15) is 6.92 Å². The Morgan fingerprint density at radius 1 is 1.73 bits per heavy atom. The fraction of sp³-hybridized carbons (Fsp3) is 0.714. The van der Waals surface area contributed by atoms with E-state index in [0.29, 0.717) is 6.54 Å². The third-order valence-corrected chi connectivity index (χ3v) is 2.02. The monoisotopic (exact) mass is 157 g/mol. The Kier molecular flexibility index (Phi) is 2.12. The first-order chi connectivity index (χ1) is 5.16. The van der Waals surface area contributed by atoms with Crippen molar-refractivity contribution in [1.82, 2.24) is 5.32 Å². The lowest BCUT2D eigenvalue weighted by atomic mass is 9.98. The minimum atomic E-state index is -0.309. The van der Waals surface area contributed by atoms with Crippen molar-refractivity contribution in [3.63, 3.8) is 0 Å². The maximum atomic E-state index is 11.0. The summed E-state index contributed by atoms with van der Waals surface area (Å²) in [6.45, 7) is 2.14. The van der Waals surface area contributed by atoms with Crippen LogP contribution >= 0.6 is 0 Å². The normalized spacial score (nSPS) is 29.8. The molecule has 0 spiro atoms. The van der Waals surface area contributed by atoms with Gasteiger partial charge in [-0.3, -0.25) is 9.59 Å². The second kappa shape index (κ2) is 2.90. The molecule has 1 N–H and O–H groups in total. The van der Waals surface area contributed by atoms with Gasteiger partial charge >= 0.3 is 5.97 Å². The van der Waals surface area contributed by atoms with Gasteiger partial charge < -0.3 is 10.1 Å². The quantitative estimate of drug-likeness (QED) is 0.524. The van der Waals surface area contributed by atoms with Crippen LogP contribution in [-0.2, 0) is 14.3 Å². The number of nitrogens with one attached hydrogen (secondary N) is 1. The molecule has 4 heteroatoms. The summed E-state index contributed by atoms with van der Waals surface area (Å²) < 4.78 is 4.52. The number of hydrogen-bond acceptors (Lipinski definition) is 3. The van der Waals surface area contributed by atoms with Gasteiger partial charge in [0.05, 0.1) is 18.9 Å². The molecular weight excluding hydrogens is 146 g/mol. The second-order valence-corrected chi connectivity index (χ2v) is 2.66. The molecule has 2 atom stereocenters. The lowest BCUT2D eigenvalue weighted by Gasteiger charge is -2.08. The molecule has 4 nitrogen and oxygen atoms in total. The Morgan fingerprint density at radius 3 is 2.73 bits per heavy atom. The van der Waals surface area contributed by atoms with E-state index >= 15 is 0 Å². The van der Waals surface area contributed by atoms with Crippen molar-refractivity contribution in [1.29, 1.82) is 0 Å². The maximum absolute atomic E-state index is 11.0. The zero-order valence-electron chi connectivity index (χ0n) is 6.59. The molecule has 2 unspecified atom stereocenters. The molecule has 1 amide bonds. The first-order valence-electron chi connectivity index (χ1n) is 3.52. The van der Waals surface area contributed by atoms with Crippen LogP contribution in [0.4, 0.5) is 0 Å². The Morgan fingerprint density at radius 2 is 2.36 bits per heavy atom. The van der Waals surface area contributed by atoms with Crippen molar-refractivity contribution in [2.75, 3.05) is 13.7 Å². The summed E-state index contributed by atoms with van der Waals surface area (Å²) in [5.74, 6) is -0.925. The third-order valence-electron chi connectivity index (χ3n) is 2.02. The van der Waals surface area contributed by atoms with Gasteiger partial charge in [-0.1, -0.05) is 6.92 Å². The molecule has 0 bridgehead atoms. The first kappa shape index (κ1) is 8.04. The van der Waals surface area contributed by atoms with Crippen LogP contribution in [0.25, 0.3) is 0 Å². The Bertz CT molecular complexity index is 190. The number of carbonyl (C=O) groups excluding carboxylic acids is 2. The molecule has 1 heterocycles. The molecule has 0 aliphatic carbocycles. The predicted molar refractivity (Wildman–Crippen MR) is 37.7 cm³/mol. The van der Waals surface area contributed by atoms with E-state index in [1.165, 1.54) is 7.11 Å². The van der Waals surface area contributed by atoms with Gasteiger partial charge in [0.25, 0.3) is 0 Å². The lowest BCUT2D eigenvalue weighted by Crippen LogP contribution is -2.22. The van der Waals surface area contributed by atoms with Crippen LogP contribution in [0.5, 0.6) is 0 Å². The average molecular weight is 157 g/mol. The van der Waals surface area contributed by atoms with Crippen molar-refractivity contribution >= 4 is 11.9 Å². The minimum Gasteiger partial charge on any atom is -0.469 e. The van der Waals surface area contributed by atoms with E-state index in [0.717, 1.165) is 0 Å². The SMILES string of the molecule is COC(=O)C1CNC(=O)C1C. The van der Waals surface area contributed by atoms with E-state index < -0.39 is 0 Å². The highest BCUT2D eigenvalue weighted by atomic mass is 16.5. The van der Waals surface area contributed by atoms with Gasteiger partial charge in [0.15, 0.2) is 0 Å². The average Bonchev–Trinajstić information content (AvgIpc) is 2.32. The summed E-state index contributed by atoms with van der Waals surface area (Å²) >= 11 is 0. The zero-order valence-corrected chi connectivity index (χ0v) is 6.59. The number of carbonyl (C=O) groups is 2. The van der Waals surface area contributed by atoms with Crippen LogP contribution in [0.2, 0.25) is 0 Å². The Balaban J connectivity index is 2.61. The highest BCUT2D eigenvalue weighted by Crippen LogP contribution is 2.17. The van der Waals surface area contributed by atoms with Gasteiger partial charge in [-0.15, -0.1) is 0 Å². The summed E-state index contributed by atoms with van der Waals surface area (Å²) in [5.41, 5.74) is 0. The number of esters is 1. The van der Waals surface area contributed by atoms with Crippen LogP contribution in [0.3, 0.4) is 0 Å². The molecule has 1 fully saturated rings. The number of ether oxygens (including phenoxy) is 1. The van der Waals surface area contributed by atoms with Gasteiger partial charge in [0.1, 0.15) is 0 Å². The van der Waals surface area contributed by atoms with Crippen molar-refractivity contribution in [3.8, 4) is 0 Å². The molecule has 11 heavy (non-hydrogen) atoms. The minimum absolute atomic E-state index is 0.0691. The fourth-order valence-electron chi connectivity index (χ4n) is 1.17. The zero-order chi connectivity index (χ0) is 8.43. The van der Waals surface area contributed by atoms with E-state index in [2.05, 4.69) is 10.1 Å². The number of rotatable bonds is 1. The molecule has 1 saturated heterocycles. The molecule has 0 aromatic rings. The van der Waals surface area contributed by atoms with Gasteiger partial charge in [0.2, 0.25) is 5.91 Å². The van der Waals surface area contributed by atoms with E-state index in [4.69, 9.17) is 0 Å². The standard InChI is InChI=1S/C7H11NO3/c1-4-5(7(10)11-2)3-8-6(4)9/h4-5H,3H2,1-2H3,(H,8,9). The van der Waals surface area contributed by atoms with E-state index in [9.17, 15) is 9.59 Å². The first-order valence-corrected chi connectivity index (χ1v) is 3.52. The van der Waals surface area contributed by atoms with Crippen LogP contribution in [0.15, 0.2) is 0 Å². The highest BCUT2D eigenvalue weighted by molar-refractivity contribution is 5.88. The smallest absolute Gasteiger partial charge is 0.311 e. The fourth-order valence-corrected chi connectivity index (χ4v) is 1.17. The largest absolute Gasteiger partial charge is 0.469 e. The third kappa shape index (κ3) is 1.34. The second-order valence-electron chi connectivity index (χ2n) is 2.66. The van der Waals surface area contributed by atoms with Gasteiger partial charge in [-0.2, -0.15) is 0 Å². The van der Waals surface area contributed by atoms with Crippen molar-refractivity contribution in [2.45, 2.75) is 6.92 Å². The molecule has 0 radical (unpaired) electrons. The summed E-state index contributed by atoms with van der Waals surface area (Å²) in [4.78, 5) is 21.8. The summed E-state index contributed by atoms with van der Waals surface area (Å²) in [6, 6.07) is 0. The molecular formula is C7H11NO3. The molecule has 0 aromatic heterocycles. The molecule has 62 valence electrons. The van der Waals surface area contributed by atoms with Crippen LogP contribution in [0, 0.1) is 11.8 Å². The van der Waals surface area contributed by atoms with E-state index in [1.54, 1.807) is 6.92 Å². The van der Waals surface area contributed by atoms with Gasteiger partial charge in [-0.05, 0) is 0 Å². The van der Waals surface area contributed by atoms with Crippen LogP contribution < -0.4 is 5.32 Å². The lowest BCUT2D eigenvalue weighted by molar-refractivity contribution is -0.147. The number of amides is 1. The number of methoxy groups -OCH3 is 1. The van der Waals surface area contributed by atoms with Gasteiger partial charge in [-0.25, -0.2) is 0 Å². The maximum Gasteiger partial charge on any atom is 0.311 e. The van der Waals surface area contributed by atoms with Crippen molar-refractivity contribution < 1.29 is 14.3 Å². The topological polar surface area (TPSA) is 55.4 Å². The van der Waals surface area contributed by atoms with Crippen LogP contribution in [-0.4, -0.2) is 25.5 Å². The Labute approximate surface area is 64.9 Å². The highest BCUT2D eigenvalue weighted by Gasteiger charge is 2.36. The van der Waals surface area contributed by atoms with Gasteiger partial charge in [0, 0.05) is 6.54 Å². The molecule has 0 saturated carbocycles. The predicted octanol–water partition coefficient (Wildman–Crippen LogP) is -0.459. The molecule has 1 rings (SSSR count). The van der Waals surface area contributed by atoms with E-state index in [1.807, 2.05) is 0 Å². The molecule has 1 aliphatic heterocycles. The summed E-state index contributed by atoms with van der Waals surface area (Å²) in [7, 11) is 1.33. The van der Waals surface area contributed by atoms with Crippen molar-refractivity contribution in [2.24, 2.45) is 11.8 Å². The summed E-state index contributed by atoms with van der Waals surface area (Å²) in [6.07, 6.45) is 0. The Hall–Kier alpha value is -1.06. The van der Waals surface area contributed by atoms with E-state index in [-0.39, 0.29) is 23.7 Å². The number of hydrogen-bond donors (Lipinski definition) is 1. The van der Waals surface area contributed by atoms with Crippen molar-refractivity contribution in [3.05, 3.63) is 0 Å². The summed E-state index contributed by atoms with van der Waals surface area (Å²) in [5, 5.41) is 2.59. The molecule has 1 aliphatic rings.